The van der Waals surface area contributed by atoms with E-state index in [1.807, 2.05) is 29.2 Å². The second-order valence-electron chi connectivity index (χ2n) is 12.2. The Morgan fingerprint density at radius 3 is 2.24 bits per heavy atom. The molecule has 1 atom stereocenters. The first-order chi connectivity index (χ1) is 17.8. The summed E-state index contributed by atoms with van der Waals surface area (Å²) < 4.78 is 7.62. The Bertz CT molecular complexity index is 1180. The molecule has 2 aromatic rings. The zero-order chi connectivity index (χ0) is 25.9. The lowest BCUT2D eigenvalue weighted by Crippen LogP contribution is -2.62. The van der Waals surface area contributed by atoms with E-state index < -0.39 is 5.91 Å². The SMILES string of the molecule is CCC(C)c1c(-c2ccc(OC)cc2)c(C(N)=O)c2n1CCN(C(=O)NC13CC4CC(CC(C4)C1)C3)C2. The quantitative estimate of drug-likeness (QED) is 0.562. The lowest BCUT2D eigenvalue weighted by molar-refractivity contribution is -0.0161. The highest BCUT2D eigenvalue weighted by molar-refractivity contribution is 6.02. The minimum Gasteiger partial charge on any atom is -0.497 e. The fraction of sp³-hybridized carbons (Fsp3) is 0.600. The van der Waals surface area contributed by atoms with E-state index in [1.54, 1.807) is 7.11 Å². The van der Waals surface area contributed by atoms with Crippen LogP contribution in [0.15, 0.2) is 24.3 Å². The van der Waals surface area contributed by atoms with Crippen molar-refractivity contribution >= 4 is 11.9 Å². The third-order valence-corrected chi connectivity index (χ3v) is 9.75. The van der Waals surface area contributed by atoms with Crippen LogP contribution >= 0.6 is 0 Å². The molecule has 3 N–H and O–H groups in total. The van der Waals surface area contributed by atoms with Gasteiger partial charge in [0.25, 0.3) is 5.91 Å². The molecule has 4 saturated carbocycles. The first-order valence-corrected chi connectivity index (χ1v) is 14.1. The maximum Gasteiger partial charge on any atom is 0.318 e. The fourth-order valence-electron chi connectivity index (χ4n) is 8.35. The van der Waals surface area contributed by atoms with Gasteiger partial charge in [0.15, 0.2) is 0 Å². The second-order valence-corrected chi connectivity index (χ2v) is 12.2. The number of rotatable bonds is 6. The number of primary amides is 1. The van der Waals surface area contributed by atoms with Gasteiger partial charge in [-0.3, -0.25) is 4.79 Å². The molecule has 4 bridgehead atoms. The molecular weight excluding hydrogens is 464 g/mol. The number of carbonyl (C=O) groups is 2. The number of benzene rings is 1. The number of hydrogen-bond acceptors (Lipinski definition) is 3. The normalized spacial score (nSPS) is 28.6. The number of aromatic nitrogens is 1. The summed E-state index contributed by atoms with van der Waals surface area (Å²) in [5.74, 6) is 2.90. The number of nitrogens with two attached hydrogens (primary N) is 1. The minimum absolute atomic E-state index is 0.0147. The molecule has 1 unspecified atom stereocenters. The molecule has 7 heteroatoms. The fourth-order valence-corrected chi connectivity index (χ4v) is 8.35. The van der Waals surface area contributed by atoms with Crippen molar-refractivity contribution in [2.75, 3.05) is 13.7 Å². The van der Waals surface area contributed by atoms with Crippen molar-refractivity contribution in [1.29, 1.82) is 0 Å². The Balaban J connectivity index is 1.33. The van der Waals surface area contributed by atoms with Gasteiger partial charge in [0.2, 0.25) is 0 Å². The Kier molecular flexibility index (Phi) is 6.00. The summed E-state index contributed by atoms with van der Waals surface area (Å²) in [6, 6.07) is 7.84. The number of nitrogens with zero attached hydrogens (tertiary/aromatic N) is 2. The molecule has 37 heavy (non-hydrogen) atoms. The molecule has 2 heterocycles. The van der Waals surface area contributed by atoms with Gasteiger partial charge in [-0.05, 0) is 86.3 Å². The molecule has 0 spiro atoms. The van der Waals surface area contributed by atoms with Crippen molar-refractivity contribution in [2.45, 2.75) is 83.3 Å². The van der Waals surface area contributed by atoms with E-state index in [-0.39, 0.29) is 17.5 Å². The predicted molar refractivity (Wildman–Crippen MR) is 143 cm³/mol. The zero-order valence-electron chi connectivity index (χ0n) is 22.4. The Hall–Kier alpha value is -2.96. The van der Waals surface area contributed by atoms with Crippen LogP contribution in [0.4, 0.5) is 4.79 Å². The number of methoxy groups -OCH3 is 1. The van der Waals surface area contributed by atoms with Crippen LogP contribution in [0.5, 0.6) is 5.75 Å². The third kappa shape index (κ3) is 4.11. The molecule has 0 saturated heterocycles. The molecular formula is C30H40N4O3. The highest BCUT2D eigenvalue weighted by atomic mass is 16.5. The minimum atomic E-state index is -0.438. The van der Waals surface area contributed by atoms with Crippen LogP contribution in [0, 0.1) is 17.8 Å². The Morgan fingerprint density at radius 2 is 1.70 bits per heavy atom. The summed E-state index contributed by atoms with van der Waals surface area (Å²) in [7, 11) is 1.65. The van der Waals surface area contributed by atoms with Crippen molar-refractivity contribution in [3.05, 3.63) is 41.2 Å². The first-order valence-electron chi connectivity index (χ1n) is 14.1. The molecule has 1 aliphatic heterocycles. The van der Waals surface area contributed by atoms with E-state index in [0.717, 1.165) is 71.7 Å². The van der Waals surface area contributed by atoms with Gasteiger partial charge in [-0.25, -0.2) is 4.79 Å². The van der Waals surface area contributed by atoms with Crippen molar-refractivity contribution in [2.24, 2.45) is 23.5 Å². The molecule has 1 aromatic heterocycles. The molecule has 4 fully saturated rings. The maximum atomic E-state index is 13.7. The van der Waals surface area contributed by atoms with E-state index in [1.165, 1.54) is 19.3 Å². The molecule has 0 radical (unpaired) electrons. The van der Waals surface area contributed by atoms with Crippen LogP contribution in [0.25, 0.3) is 11.1 Å². The molecule has 1 aromatic carbocycles. The number of fused-ring (bicyclic) bond motifs is 1. The summed E-state index contributed by atoms with van der Waals surface area (Å²) in [6.07, 6.45) is 8.37. The van der Waals surface area contributed by atoms with Gasteiger partial charge in [-0.1, -0.05) is 26.0 Å². The summed E-state index contributed by atoms with van der Waals surface area (Å²) in [6.45, 7) is 6.06. The number of amides is 3. The van der Waals surface area contributed by atoms with Crippen LogP contribution in [0.3, 0.4) is 0 Å². The average molecular weight is 505 g/mol. The number of nitrogens with one attached hydrogen (secondary N) is 1. The lowest BCUT2D eigenvalue weighted by Gasteiger charge is -2.57. The molecule has 7 nitrogen and oxygen atoms in total. The highest BCUT2D eigenvalue weighted by Crippen LogP contribution is 2.55. The number of ether oxygens (including phenoxy) is 1. The van der Waals surface area contributed by atoms with Crippen LogP contribution < -0.4 is 15.8 Å². The van der Waals surface area contributed by atoms with Gasteiger partial charge in [-0.15, -0.1) is 0 Å². The van der Waals surface area contributed by atoms with Crippen molar-refractivity contribution < 1.29 is 14.3 Å². The van der Waals surface area contributed by atoms with Gasteiger partial charge in [0, 0.05) is 29.9 Å². The predicted octanol–water partition coefficient (Wildman–Crippen LogP) is 5.27. The smallest absolute Gasteiger partial charge is 0.318 e. The number of hydrogen-bond donors (Lipinski definition) is 2. The first kappa shape index (κ1) is 24.4. The topological polar surface area (TPSA) is 89.6 Å². The Morgan fingerprint density at radius 1 is 1.08 bits per heavy atom. The van der Waals surface area contributed by atoms with E-state index in [9.17, 15) is 9.59 Å². The molecule has 5 aliphatic rings. The summed E-state index contributed by atoms with van der Waals surface area (Å²) in [5, 5.41) is 3.52. The van der Waals surface area contributed by atoms with E-state index in [4.69, 9.17) is 10.5 Å². The monoisotopic (exact) mass is 504 g/mol. The van der Waals surface area contributed by atoms with Gasteiger partial charge in [0.05, 0.1) is 24.9 Å². The van der Waals surface area contributed by atoms with Gasteiger partial charge in [0.1, 0.15) is 5.75 Å². The van der Waals surface area contributed by atoms with Crippen molar-refractivity contribution in [3.63, 3.8) is 0 Å². The van der Waals surface area contributed by atoms with E-state index in [2.05, 4.69) is 23.7 Å². The number of carbonyl (C=O) groups excluding carboxylic acids is 2. The maximum absolute atomic E-state index is 13.7. The summed E-state index contributed by atoms with van der Waals surface area (Å²) in [4.78, 5) is 28.5. The largest absolute Gasteiger partial charge is 0.497 e. The number of urea groups is 1. The lowest BCUT2D eigenvalue weighted by atomic mass is 9.53. The van der Waals surface area contributed by atoms with Gasteiger partial charge >= 0.3 is 6.03 Å². The van der Waals surface area contributed by atoms with Crippen molar-refractivity contribution in [1.82, 2.24) is 14.8 Å². The van der Waals surface area contributed by atoms with Crippen LogP contribution in [0.1, 0.15) is 86.5 Å². The molecule has 3 amide bonds. The van der Waals surface area contributed by atoms with E-state index in [0.29, 0.717) is 25.2 Å². The zero-order valence-corrected chi connectivity index (χ0v) is 22.4. The van der Waals surface area contributed by atoms with Crippen LogP contribution in [-0.4, -0.2) is 40.6 Å². The highest BCUT2D eigenvalue weighted by Gasteiger charge is 2.52. The van der Waals surface area contributed by atoms with Crippen LogP contribution in [0.2, 0.25) is 0 Å². The summed E-state index contributed by atoms with van der Waals surface area (Å²) >= 11 is 0. The molecule has 198 valence electrons. The van der Waals surface area contributed by atoms with E-state index >= 15 is 0 Å². The van der Waals surface area contributed by atoms with Gasteiger partial charge < -0.3 is 25.3 Å². The molecule has 4 aliphatic carbocycles. The summed E-state index contributed by atoms with van der Waals surface area (Å²) in [5.41, 5.74) is 10.4. The van der Waals surface area contributed by atoms with Crippen LogP contribution in [-0.2, 0) is 13.1 Å². The average Bonchev–Trinajstić information content (AvgIpc) is 3.22. The second kappa shape index (κ2) is 9.10. The standard InChI is InChI=1S/C30H40N4O3/c1-4-18(2)27-25(22-5-7-23(37-3)8-6-22)26(28(31)35)24-17-33(9-10-34(24)27)29(36)32-30-14-19-11-20(15-30)13-21(12-19)16-30/h5-8,18-21H,4,9-17H2,1-3H3,(H2,31,35)(H,32,36). The van der Waals surface area contributed by atoms with Crippen molar-refractivity contribution in [3.8, 4) is 16.9 Å². The van der Waals surface area contributed by atoms with Gasteiger partial charge in [-0.2, -0.15) is 0 Å². The third-order valence-electron chi connectivity index (χ3n) is 9.75. The molecule has 7 rings (SSSR count). The Labute approximate surface area is 219 Å².